The Hall–Kier alpha value is -1.06. The molecule has 0 aromatic carbocycles. The van der Waals surface area contributed by atoms with Crippen LogP contribution in [0, 0.1) is 0 Å². The molecule has 0 aromatic heterocycles. The number of hydrogen-bond donors (Lipinski definition) is 0. The molecule has 0 spiro atoms. The van der Waals surface area contributed by atoms with E-state index in [2.05, 4.69) is 0 Å². The van der Waals surface area contributed by atoms with Crippen LogP contribution in [0.3, 0.4) is 0 Å². The molecule has 17 heavy (non-hydrogen) atoms. The maximum absolute atomic E-state index is 11.2. The fraction of sp³-hybridized carbons (Fsp3) is 0.846. The van der Waals surface area contributed by atoms with Crippen molar-refractivity contribution in [1.82, 2.24) is 0 Å². The minimum Gasteiger partial charge on any atom is -0.466 e. The van der Waals surface area contributed by atoms with Crippen molar-refractivity contribution in [2.45, 2.75) is 65.4 Å². The van der Waals surface area contributed by atoms with Crippen LogP contribution in [0.5, 0.6) is 0 Å². The molecule has 0 radical (unpaired) electrons. The fourth-order valence-corrected chi connectivity index (χ4v) is 1.26. The number of unbranched alkanes of at least 4 members (excludes halogenated alkanes) is 2. The third-order valence-electron chi connectivity index (χ3n) is 2.14. The highest BCUT2D eigenvalue weighted by atomic mass is 16.5. The maximum Gasteiger partial charge on any atom is 0.306 e. The molecule has 0 aromatic rings. The molecule has 0 aliphatic rings. The Bertz CT molecular complexity index is 223. The van der Waals surface area contributed by atoms with E-state index in [0.29, 0.717) is 32.3 Å². The Balaban J connectivity index is 3.38. The lowest BCUT2D eigenvalue weighted by atomic mass is 10.2. The van der Waals surface area contributed by atoms with Crippen molar-refractivity contribution in [3.05, 3.63) is 0 Å². The Morgan fingerprint density at radius 1 is 1.00 bits per heavy atom. The van der Waals surface area contributed by atoms with Gasteiger partial charge in [0.2, 0.25) is 0 Å². The van der Waals surface area contributed by atoms with Crippen molar-refractivity contribution in [2.24, 2.45) is 0 Å². The van der Waals surface area contributed by atoms with Crippen LogP contribution in [-0.2, 0) is 19.1 Å². The second-order valence-corrected chi connectivity index (χ2v) is 4.32. The zero-order valence-corrected chi connectivity index (χ0v) is 11.2. The van der Waals surface area contributed by atoms with Gasteiger partial charge in [-0.15, -0.1) is 0 Å². The van der Waals surface area contributed by atoms with Crippen LogP contribution < -0.4 is 0 Å². The summed E-state index contributed by atoms with van der Waals surface area (Å²) in [5, 5.41) is 0. The van der Waals surface area contributed by atoms with Crippen LogP contribution in [0.15, 0.2) is 0 Å². The van der Waals surface area contributed by atoms with Crippen LogP contribution >= 0.6 is 0 Å². The van der Waals surface area contributed by atoms with Crippen LogP contribution in [0.25, 0.3) is 0 Å². The first-order valence-electron chi connectivity index (χ1n) is 6.41. The molecule has 0 heterocycles. The van der Waals surface area contributed by atoms with Gasteiger partial charge in [-0.3, -0.25) is 9.59 Å². The second kappa shape index (κ2) is 10.1. The lowest BCUT2D eigenvalue weighted by Crippen LogP contribution is -2.11. The minimum atomic E-state index is -0.195. The molecule has 4 nitrogen and oxygen atoms in total. The van der Waals surface area contributed by atoms with Gasteiger partial charge in [0.05, 0.1) is 12.7 Å². The third-order valence-corrected chi connectivity index (χ3v) is 2.14. The van der Waals surface area contributed by atoms with Crippen molar-refractivity contribution in [3.63, 3.8) is 0 Å². The van der Waals surface area contributed by atoms with E-state index in [4.69, 9.17) is 9.47 Å². The highest BCUT2D eigenvalue weighted by Gasteiger charge is 2.07. The van der Waals surface area contributed by atoms with Gasteiger partial charge in [-0.2, -0.15) is 0 Å². The van der Waals surface area contributed by atoms with Gasteiger partial charge in [-0.1, -0.05) is 13.3 Å². The van der Waals surface area contributed by atoms with Crippen molar-refractivity contribution in [3.8, 4) is 0 Å². The number of ether oxygens (including phenoxy) is 2. The van der Waals surface area contributed by atoms with Gasteiger partial charge in [-0.25, -0.2) is 0 Å². The maximum atomic E-state index is 11.2. The number of hydrogen-bond acceptors (Lipinski definition) is 4. The van der Waals surface area contributed by atoms with Crippen LogP contribution in [-0.4, -0.2) is 24.6 Å². The van der Waals surface area contributed by atoms with Gasteiger partial charge in [0.1, 0.15) is 0 Å². The normalized spacial score (nSPS) is 10.4. The number of carbonyl (C=O) groups is 2. The van der Waals surface area contributed by atoms with Crippen LogP contribution in [0.1, 0.15) is 59.3 Å². The topological polar surface area (TPSA) is 52.6 Å². The molecular weight excluding hydrogens is 220 g/mol. The highest BCUT2D eigenvalue weighted by Crippen LogP contribution is 2.04. The highest BCUT2D eigenvalue weighted by molar-refractivity contribution is 5.70. The molecule has 0 atom stereocenters. The standard InChI is InChI=1S/C13H24O4/c1-4-5-10-16-12(14)8-6-7-9-13(15)17-11(2)3/h11H,4-10H2,1-3H3. The first kappa shape index (κ1) is 15.9. The van der Waals surface area contributed by atoms with Gasteiger partial charge >= 0.3 is 11.9 Å². The van der Waals surface area contributed by atoms with Gasteiger partial charge < -0.3 is 9.47 Å². The van der Waals surface area contributed by atoms with E-state index in [1.807, 2.05) is 20.8 Å². The van der Waals surface area contributed by atoms with E-state index in [-0.39, 0.29) is 18.0 Å². The lowest BCUT2D eigenvalue weighted by molar-refractivity contribution is -0.148. The molecule has 0 bridgehead atoms. The second-order valence-electron chi connectivity index (χ2n) is 4.32. The lowest BCUT2D eigenvalue weighted by Gasteiger charge is -2.07. The SMILES string of the molecule is CCCCOC(=O)CCCCC(=O)OC(C)C. The molecule has 0 aliphatic carbocycles. The van der Waals surface area contributed by atoms with E-state index in [9.17, 15) is 9.59 Å². The molecule has 0 aliphatic heterocycles. The average Bonchev–Trinajstić information content (AvgIpc) is 2.24. The Labute approximate surface area is 104 Å². The van der Waals surface area contributed by atoms with E-state index in [1.54, 1.807) is 0 Å². The molecular formula is C13H24O4. The molecule has 0 unspecified atom stereocenters. The summed E-state index contributed by atoms with van der Waals surface area (Å²) in [5.41, 5.74) is 0. The van der Waals surface area contributed by atoms with Crippen molar-refractivity contribution in [1.29, 1.82) is 0 Å². The average molecular weight is 244 g/mol. The van der Waals surface area contributed by atoms with Crippen molar-refractivity contribution in [2.75, 3.05) is 6.61 Å². The molecule has 100 valence electrons. The Kier molecular flexibility index (Phi) is 9.49. The third kappa shape index (κ3) is 11.2. The molecule has 0 fully saturated rings. The van der Waals surface area contributed by atoms with Gasteiger partial charge in [0, 0.05) is 12.8 Å². The number of carbonyl (C=O) groups excluding carboxylic acids is 2. The molecule has 0 N–H and O–H groups in total. The number of rotatable bonds is 9. The van der Waals surface area contributed by atoms with E-state index < -0.39 is 0 Å². The van der Waals surface area contributed by atoms with Crippen LogP contribution in [0.4, 0.5) is 0 Å². The van der Waals surface area contributed by atoms with Gasteiger partial charge in [0.15, 0.2) is 0 Å². The van der Waals surface area contributed by atoms with Crippen molar-refractivity contribution < 1.29 is 19.1 Å². The summed E-state index contributed by atoms with van der Waals surface area (Å²) >= 11 is 0. The summed E-state index contributed by atoms with van der Waals surface area (Å²) < 4.78 is 9.98. The quantitative estimate of drug-likeness (QED) is 0.462. The molecule has 0 saturated heterocycles. The zero-order valence-electron chi connectivity index (χ0n) is 11.2. The minimum absolute atomic E-state index is 0.0680. The predicted octanol–water partition coefficient (Wildman–Crippen LogP) is 2.84. The predicted molar refractivity (Wildman–Crippen MR) is 65.6 cm³/mol. The largest absolute Gasteiger partial charge is 0.466 e. The Morgan fingerprint density at radius 2 is 1.59 bits per heavy atom. The van der Waals surface area contributed by atoms with E-state index in [0.717, 1.165) is 12.8 Å². The molecule has 0 saturated carbocycles. The smallest absolute Gasteiger partial charge is 0.306 e. The zero-order chi connectivity index (χ0) is 13.1. The summed E-state index contributed by atoms with van der Waals surface area (Å²) in [6.07, 6.45) is 3.98. The van der Waals surface area contributed by atoms with E-state index >= 15 is 0 Å². The first-order chi connectivity index (χ1) is 8.06. The fourth-order valence-electron chi connectivity index (χ4n) is 1.26. The number of esters is 2. The summed E-state index contributed by atoms with van der Waals surface area (Å²) in [6.45, 7) is 6.20. The summed E-state index contributed by atoms with van der Waals surface area (Å²) in [4.78, 5) is 22.4. The molecule has 4 heteroatoms. The molecule has 0 amide bonds. The van der Waals surface area contributed by atoms with Gasteiger partial charge in [0.25, 0.3) is 0 Å². The summed E-state index contributed by atoms with van der Waals surface area (Å²) in [7, 11) is 0. The Morgan fingerprint density at radius 3 is 2.12 bits per heavy atom. The summed E-state index contributed by atoms with van der Waals surface area (Å²) in [5.74, 6) is -0.366. The van der Waals surface area contributed by atoms with Crippen molar-refractivity contribution >= 4 is 11.9 Å². The summed E-state index contributed by atoms with van der Waals surface area (Å²) in [6, 6.07) is 0. The van der Waals surface area contributed by atoms with Gasteiger partial charge in [-0.05, 0) is 33.1 Å². The monoisotopic (exact) mass is 244 g/mol. The first-order valence-corrected chi connectivity index (χ1v) is 6.41. The van der Waals surface area contributed by atoms with E-state index in [1.165, 1.54) is 0 Å². The van der Waals surface area contributed by atoms with Crippen LogP contribution in [0.2, 0.25) is 0 Å². The molecule has 0 rings (SSSR count).